The number of aromatic nitrogens is 1. The summed E-state index contributed by atoms with van der Waals surface area (Å²) in [6.45, 7) is 6.45. The highest BCUT2D eigenvalue weighted by Gasteiger charge is 2.20. The third kappa shape index (κ3) is 4.86. The summed E-state index contributed by atoms with van der Waals surface area (Å²) >= 11 is 0. The molecule has 0 aliphatic carbocycles. The van der Waals surface area contributed by atoms with E-state index in [1.54, 1.807) is 7.11 Å². The van der Waals surface area contributed by atoms with Crippen LogP contribution >= 0.6 is 0 Å². The Balaban J connectivity index is 1.70. The number of pyridine rings is 1. The molecule has 0 radical (unpaired) electrons. The third-order valence-electron chi connectivity index (χ3n) is 5.36. The monoisotopic (exact) mass is 392 g/mol. The minimum Gasteiger partial charge on any atom is -0.496 e. The topological polar surface area (TPSA) is 71.2 Å². The number of hydrogen-bond acceptors (Lipinski definition) is 3. The normalized spacial score (nSPS) is 12.2. The fraction of sp³-hybridized carbons (Fsp3) is 0.333. The smallest absolute Gasteiger partial charge is 0.253 e. The molecule has 5 heteroatoms. The van der Waals surface area contributed by atoms with Crippen molar-refractivity contribution in [1.82, 2.24) is 10.3 Å². The van der Waals surface area contributed by atoms with E-state index in [1.807, 2.05) is 49.4 Å². The van der Waals surface area contributed by atoms with E-state index in [1.165, 1.54) is 0 Å². The van der Waals surface area contributed by atoms with Gasteiger partial charge in [-0.15, -0.1) is 0 Å². The van der Waals surface area contributed by atoms with Gasteiger partial charge in [-0.2, -0.15) is 0 Å². The molecule has 1 atom stereocenters. The van der Waals surface area contributed by atoms with Crippen LogP contribution in [0.25, 0.3) is 10.9 Å². The van der Waals surface area contributed by atoms with Crippen molar-refractivity contribution in [3.8, 4) is 5.75 Å². The molecule has 0 saturated carbocycles. The summed E-state index contributed by atoms with van der Waals surface area (Å²) < 4.78 is 5.34. The molecule has 5 nitrogen and oxygen atoms in total. The Morgan fingerprint density at radius 1 is 1.14 bits per heavy atom. The highest BCUT2D eigenvalue weighted by molar-refractivity contribution is 5.79. The van der Waals surface area contributed by atoms with Gasteiger partial charge in [0.2, 0.25) is 5.91 Å². The molecule has 0 aliphatic heterocycles. The minimum absolute atomic E-state index is 0.0651. The van der Waals surface area contributed by atoms with Crippen LogP contribution in [-0.2, 0) is 11.3 Å². The lowest BCUT2D eigenvalue weighted by Gasteiger charge is -2.22. The standard InChI is InChI=1S/C24H28N2O3/c1-15(2)20(17-9-10-22(29-4)16(3)11-17)13-23(27)25-14-19-12-18-7-5-6-8-21(18)26-24(19)28/h5-12,15,20H,13-14H2,1-4H3,(H,25,27)(H,26,28). The van der Waals surface area contributed by atoms with Gasteiger partial charge in [0.05, 0.1) is 7.11 Å². The lowest BCUT2D eigenvalue weighted by molar-refractivity contribution is -0.121. The van der Waals surface area contributed by atoms with E-state index in [-0.39, 0.29) is 23.9 Å². The highest BCUT2D eigenvalue weighted by atomic mass is 16.5. The zero-order valence-electron chi connectivity index (χ0n) is 17.4. The molecule has 0 aliphatic rings. The van der Waals surface area contributed by atoms with Gasteiger partial charge in [-0.3, -0.25) is 9.59 Å². The molecule has 1 aromatic heterocycles. The number of carbonyl (C=O) groups is 1. The maximum Gasteiger partial charge on any atom is 0.253 e. The Bertz CT molecular complexity index is 1070. The van der Waals surface area contributed by atoms with Crippen LogP contribution in [-0.4, -0.2) is 18.0 Å². The van der Waals surface area contributed by atoms with E-state index in [9.17, 15) is 9.59 Å². The summed E-state index contributed by atoms with van der Waals surface area (Å²) in [5.41, 5.74) is 3.35. The number of hydrogen-bond donors (Lipinski definition) is 2. The van der Waals surface area contributed by atoms with Crippen LogP contribution in [0.5, 0.6) is 5.75 Å². The number of aryl methyl sites for hydroxylation is 1. The summed E-state index contributed by atoms with van der Waals surface area (Å²) in [4.78, 5) is 27.8. The van der Waals surface area contributed by atoms with Crippen LogP contribution in [0.2, 0.25) is 0 Å². The van der Waals surface area contributed by atoms with Gasteiger partial charge in [-0.05, 0) is 53.5 Å². The molecular formula is C24H28N2O3. The van der Waals surface area contributed by atoms with Crippen LogP contribution in [0, 0.1) is 12.8 Å². The Labute approximate surface area is 171 Å². The Morgan fingerprint density at radius 2 is 1.90 bits per heavy atom. The van der Waals surface area contributed by atoms with Gasteiger partial charge in [0.1, 0.15) is 5.75 Å². The molecule has 29 heavy (non-hydrogen) atoms. The van der Waals surface area contributed by atoms with Crippen molar-refractivity contribution in [2.75, 3.05) is 7.11 Å². The first-order chi connectivity index (χ1) is 13.9. The first-order valence-corrected chi connectivity index (χ1v) is 9.91. The SMILES string of the molecule is COc1ccc(C(CC(=O)NCc2cc3ccccc3[nH]c2=O)C(C)C)cc1C. The quantitative estimate of drug-likeness (QED) is 0.630. The van der Waals surface area contributed by atoms with Crippen molar-refractivity contribution in [1.29, 1.82) is 0 Å². The predicted molar refractivity (Wildman–Crippen MR) is 116 cm³/mol. The van der Waals surface area contributed by atoms with Crippen LogP contribution in [0.15, 0.2) is 53.3 Å². The molecule has 0 spiro atoms. The molecule has 0 fully saturated rings. The van der Waals surface area contributed by atoms with Crippen LogP contribution in [0.4, 0.5) is 0 Å². The van der Waals surface area contributed by atoms with E-state index in [4.69, 9.17) is 4.74 Å². The van der Waals surface area contributed by atoms with Gasteiger partial charge in [-0.25, -0.2) is 0 Å². The number of methoxy groups -OCH3 is 1. The largest absolute Gasteiger partial charge is 0.496 e. The molecule has 3 aromatic rings. The third-order valence-corrected chi connectivity index (χ3v) is 5.36. The lowest BCUT2D eigenvalue weighted by Crippen LogP contribution is -2.28. The molecule has 0 saturated heterocycles. The average Bonchev–Trinajstić information content (AvgIpc) is 2.70. The number of para-hydroxylation sites is 1. The number of rotatable bonds is 7. The molecule has 2 aromatic carbocycles. The Kier molecular flexibility index (Phi) is 6.37. The number of amides is 1. The maximum absolute atomic E-state index is 12.6. The zero-order valence-corrected chi connectivity index (χ0v) is 17.4. The maximum atomic E-state index is 12.6. The molecule has 2 N–H and O–H groups in total. The van der Waals surface area contributed by atoms with Crippen molar-refractivity contribution in [2.24, 2.45) is 5.92 Å². The summed E-state index contributed by atoms with van der Waals surface area (Å²) in [5, 5.41) is 3.86. The van der Waals surface area contributed by atoms with Crippen LogP contribution < -0.4 is 15.6 Å². The van der Waals surface area contributed by atoms with E-state index in [0.717, 1.165) is 27.8 Å². The van der Waals surface area contributed by atoms with E-state index < -0.39 is 0 Å². The fourth-order valence-electron chi connectivity index (χ4n) is 3.66. The summed E-state index contributed by atoms with van der Waals surface area (Å²) in [6.07, 6.45) is 0.370. The van der Waals surface area contributed by atoms with Gasteiger partial charge in [0, 0.05) is 24.0 Å². The minimum atomic E-state index is -0.171. The molecule has 1 heterocycles. The summed E-state index contributed by atoms with van der Waals surface area (Å²) in [7, 11) is 1.66. The van der Waals surface area contributed by atoms with Crippen molar-refractivity contribution >= 4 is 16.8 Å². The molecule has 0 bridgehead atoms. The van der Waals surface area contributed by atoms with Gasteiger partial charge < -0.3 is 15.0 Å². The summed E-state index contributed by atoms with van der Waals surface area (Å²) in [5.74, 6) is 1.17. The van der Waals surface area contributed by atoms with Crippen molar-refractivity contribution in [3.63, 3.8) is 0 Å². The molecule has 1 amide bonds. The number of H-pyrrole nitrogens is 1. The second-order valence-corrected chi connectivity index (χ2v) is 7.77. The van der Waals surface area contributed by atoms with Gasteiger partial charge in [0.15, 0.2) is 0 Å². The number of ether oxygens (including phenoxy) is 1. The second-order valence-electron chi connectivity index (χ2n) is 7.77. The van der Waals surface area contributed by atoms with E-state index in [2.05, 4.69) is 30.2 Å². The lowest BCUT2D eigenvalue weighted by atomic mass is 9.85. The first-order valence-electron chi connectivity index (χ1n) is 9.91. The molecular weight excluding hydrogens is 364 g/mol. The Morgan fingerprint density at radius 3 is 2.59 bits per heavy atom. The highest BCUT2D eigenvalue weighted by Crippen LogP contribution is 2.31. The second kappa shape index (κ2) is 8.95. The number of nitrogens with one attached hydrogen (secondary N) is 2. The average molecular weight is 392 g/mol. The van der Waals surface area contributed by atoms with Crippen LogP contribution in [0.3, 0.4) is 0 Å². The van der Waals surface area contributed by atoms with Gasteiger partial charge in [0.25, 0.3) is 5.56 Å². The van der Waals surface area contributed by atoms with E-state index in [0.29, 0.717) is 17.9 Å². The predicted octanol–water partition coefficient (Wildman–Crippen LogP) is 4.29. The molecule has 152 valence electrons. The van der Waals surface area contributed by atoms with Gasteiger partial charge >= 0.3 is 0 Å². The van der Waals surface area contributed by atoms with Crippen LogP contribution in [0.1, 0.15) is 42.9 Å². The van der Waals surface area contributed by atoms with Crippen molar-refractivity contribution in [3.05, 3.63) is 75.6 Å². The first kappa shape index (κ1) is 20.6. The zero-order chi connectivity index (χ0) is 21.0. The van der Waals surface area contributed by atoms with Crippen molar-refractivity contribution in [2.45, 2.75) is 39.7 Å². The van der Waals surface area contributed by atoms with Gasteiger partial charge in [-0.1, -0.05) is 44.2 Å². The van der Waals surface area contributed by atoms with Crippen molar-refractivity contribution < 1.29 is 9.53 Å². The number of aromatic amines is 1. The number of carbonyl (C=O) groups excluding carboxylic acids is 1. The fourth-order valence-corrected chi connectivity index (χ4v) is 3.66. The summed E-state index contributed by atoms with van der Waals surface area (Å²) in [6, 6.07) is 15.5. The number of benzene rings is 2. The van der Waals surface area contributed by atoms with E-state index >= 15 is 0 Å². The Hall–Kier alpha value is -3.08. The number of fused-ring (bicyclic) bond motifs is 1. The molecule has 3 rings (SSSR count). The molecule has 1 unspecified atom stereocenters.